The van der Waals surface area contributed by atoms with E-state index in [4.69, 9.17) is 0 Å². The summed E-state index contributed by atoms with van der Waals surface area (Å²) in [5.41, 5.74) is 4.60. The molecule has 1 aromatic rings. The van der Waals surface area contributed by atoms with Gasteiger partial charge in [0.2, 0.25) is 0 Å². The van der Waals surface area contributed by atoms with E-state index in [1.807, 2.05) is 12.5 Å². The zero-order valence-corrected chi connectivity index (χ0v) is 16.0. The summed E-state index contributed by atoms with van der Waals surface area (Å²) in [4.78, 5) is 0. The van der Waals surface area contributed by atoms with Gasteiger partial charge < -0.3 is 5.32 Å². The fourth-order valence-corrected chi connectivity index (χ4v) is 3.39. The highest BCUT2D eigenvalue weighted by Gasteiger charge is 2.41. The number of thioether (sulfide) groups is 1. The minimum absolute atomic E-state index is 0.263. The van der Waals surface area contributed by atoms with Crippen LogP contribution in [0.3, 0.4) is 0 Å². The largest absolute Gasteiger partial charge is 0.379 e. The molecule has 0 saturated heterocycles. The lowest BCUT2D eigenvalue weighted by Gasteiger charge is -2.32. The molecule has 1 aromatic carbocycles. The van der Waals surface area contributed by atoms with E-state index in [2.05, 4.69) is 64.1 Å². The van der Waals surface area contributed by atoms with Crippen LogP contribution in [-0.4, -0.2) is 18.1 Å². The van der Waals surface area contributed by atoms with Crippen molar-refractivity contribution < 1.29 is 0 Å². The van der Waals surface area contributed by atoms with Gasteiger partial charge in [0.1, 0.15) is 0 Å². The van der Waals surface area contributed by atoms with Crippen LogP contribution >= 0.6 is 11.8 Å². The number of aryl methyl sites for hydroxylation is 1. The zero-order valence-electron chi connectivity index (χ0n) is 15.2. The number of rotatable bonds is 4. The van der Waals surface area contributed by atoms with Gasteiger partial charge in [0, 0.05) is 17.1 Å². The number of benzene rings is 1. The SMILES string of the molecule is C#C.CCCC1c2cccc(C)c2NC1(C)CCC.CSC. The molecule has 0 aliphatic carbocycles. The number of terminal acetylenes is 1. The van der Waals surface area contributed by atoms with E-state index >= 15 is 0 Å². The van der Waals surface area contributed by atoms with Gasteiger partial charge in [-0.3, -0.25) is 0 Å². The van der Waals surface area contributed by atoms with Gasteiger partial charge in [0.25, 0.3) is 0 Å². The lowest BCUT2D eigenvalue weighted by Crippen LogP contribution is -2.36. The first-order chi connectivity index (χ1) is 10.5. The van der Waals surface area contributed by atoms with Crippen LogP contribution in [0.5, 0.6) is 0 Å². The third kappa shape index (κ3) is 4.99. The van der Waals surface area contributed by atoms with E-state index in [-0.39, 0.29) is 5.54 Å². The van der Waals surface area contributed by atoms with Crippen molar-refractivity contribution in [3.05, 3.63) is 29.3 Å². The quantitative estimate of drug-likeness (QED) is 0.674. The van der Waals surface area contributed by atoms with Crippen LogP contribution in [0.15, 0.2) is 18.2 Å². The topological polar surface area (TPSA) is 12.0 Å². The van der Waals surface area contributed by atoms with Gasteiger partial charge >= 0.3 is 0 Å². The minimum Gasteiger partial charge on any atom is -0.379 e. The minimum atomic E-state index is 0.263. The molecule has 0 saturated carbocycles. The Balaban J connectivity index is 0.000000789. The second-order valence-corrected chi connectivity index (χ2v) is 6.90. The predicted molar refractivity (Wildman–Crippen MR) is 105 cm³/mol. The molecule has 0 fully saturated rings. The lowest BCUT2D eigenvalue weighted by atomic mass is 9.78. The Morgan fingerprint density at radius 2 is 1.77 bits per heavy atom. The number of anilines is 1. The van der Waals surface area contributed by atoms with Crippen molar-refractivity contribution in [2.24, 2.45) is 0 Å². The Hall–Kier alpha value is -1.07. The Morgan fingerprint density at radius 3 is 2.27 bits per heavy atom. The molecular weight excluding hydrogens is 286 g/mol. The normalized spacial score (nSPS) is 21.5. The van der Waals surface area contributed by atoms with Gasteiger partial charge in [-0.25, -0.2) is 0 Å². The molecule has 0 amide bonds. The summed E-state index contributed by atoms with van der Waals surface area (Å²) in [6.45, 7) is 9.19. The highest BCUT2D eigenvalue weighted by Crippen LogP contribution is 2.48. The van der Waals surface area contributed by atoms with Crippen molar-refractivity contribution in [2.45, 2.75) is 64.8 Å². The number of fused-ring (bicyclic) bond motifs is 1. The molecular formula is C20H33NS. The maximum absolute atomic E-state index is 4.00. The molecule has 2 atom stereocenters. The predicted octanol–water partition coefficient (Wildman–Crippen LogP) is 6.09. The van der Waals surface area contributed by atoms with Gasteiger partial charge in [-0.15, -0.1) is 12.8 Å². The molecule has 124 valence electrons. The average Bonchev–Trinajstić information content (AvgIpc) is 2.77. The Morgan fingerprint density at radius 1 is 1.18 bits per heavy atom. The third-order valence-electron chi connectivity index (χ3n) is 4.21. The average molecular weight is 320 g/mol. The van der Waals surface area contributed by atoms with E-state index in [1.165, 1.54) is 36.9 Å². The van der Waals surface area contributed by atoms with Gasteiger partial charge in [0.05, 0.1) is 0 Å². The van der Waals surface area contributed by atoms with Crippen LogP contribution in [0, 0.1) is 19.8 Å². The fraction of sp³-hybridized carbons (Fsp3) is 0.600. The fourth-order valence-electron chi connectivity index (χ4n) is 3.39. The molecule has 22 heavy (non-hydrogen) atoms. The standard InChI is InChI=1S/C16H25N.C2H6S.C2H2/c1-5-8-14-13-10-7-9-12(3)15(13)17-16(14,4)11-6-2;1-3-2;1-2/h7,9-10,14,17H,5-6,8,11H2,1-4H3;1-2H3;1-2H. The highest BCUT2D eigenvalue weighted by atomic mass is 32.2. The van der Waals surface area contributed by atoms with Crippen LogP contribution < -0.4 is 5.32 Å². The number of nitrogens with one attached hydrogen (secondary N) is 1. The summed E-state index contributed by atoms with van der Waals surface area (Å²) >= 11 is 1.75. The van der Waals surface area contributed by atoms with E-state index < -0.39 is 0 Å². The van der Waals surface area contributed by atoms with E-state index in [0.717, 1.165) is 0 Å². The molecule has 2 heteroatoms. The number of hydrogen-bond acceptors (Lipinski definition) is 2. The van der Waals surface area contributed by atoms with Crippen LogP contribution in [0.25, 0.3) is 0 Å². The van der Waals surface area contributed by atoms with Gasteiger partial charge in [-0.1, -0.05) is 44.9 Å². The molecule has 0 bridgehead atoms. The van der Waals surface area contributed by atoms with Gasteiger partial charge in [-0.05, 0) is 50.3 Å². The summed E-state index contributed by atoms with van der Waals surface area (Å²) < 4.78 is 0. The van der Waals surface area contributed by atoms with Crippen LogP contribution in [0.1, 0.15) is 63.5 Å². The second kappa shape index (κ2) is 10.6. The number of para-hydroxylation sites is 1. The summed E-state index contributed by atoms with van der Waals surface area (Å²) in [6.07, 6.45) is 17.1. The van der Waals surface area contributed by atoms with E-state index in [9.17, 15) is 0 Å². The molecule has 2 unspecified atom stereocenters. The van der Waals surface area contributed by atoms with Crippen molar-refractivity contribution in [1.82, 2.24) is 0 Å². The first-order valence-corrected chi connectivity index (χ1v) is 9.78. The first-order valence-electron chi connectivity index (χ1n) is 8.15. The molecule has 1 aliphatic rings. The van der Waals surface area contributed by atoms with Gasteiger partial charge in [-0.2, -0.15) is 11.8 Å². The molecule has 2 rings (SSSR count). The summed E-state index contributed by atoms with van der Waals surface area (Å²) in [7, 11) is 0. The van der Waals surface area contributed by atoms with E-state index in [1.54, 1.807) is 17.3 Å². The van der Waals surface area contributed by atoms with Crippen molar-refractivity contribution >= 4 is 17.4 Å². The third-order valence-corrected chi connectivity index (χ3v) is 4.21. The maximum Gasteiger partial charge on any atom is 0.0414 e. The Kier molecular flexibility index (Phi) is 10.1. The maximum atomic E-state index is 4.00. The van der Waals surface area contributed by atoms with Crippen LogP contribution in [0.4, 0.5) is 5.69 Å². The van der Waals surface area contributed by atoms with Crippen molar-refractivity contribution in [1.29, 1.82) is 0 Å². The molecule has 0 aromatic heterocycles. The first kappa shape index (κ1) is 20.9. The molecule has 1 N–H and O–H groups in total. The van der Waals surface area contributed by atoms with E-state index in [0.29, 0.717) is 5.92 Å². The van der Waals surface area contributed by atoms with Crippen molar-refractivity contribution in [2.75, 3.05) is 17.8 Å². The molecule has 0 spiro atoms. The molecule has 1 heterocycles. The van der Waals surface area contributed by atoms with Crippen LogP contribution in [0.2, 0.25) is 0 Å². The van der Waals surface area contributed by atoms with Gasteiger partial charge in [0.15, 0.2) is 0 Å². The zero-order chi connectivity index (χ0) is 17.2. The van der Waals surface area contributed by atoms with Crippen LogP contribution in [-0.2, 0) is 0 Å². The molecule has 1 aliphatic heterocycles. The summed E-state index contributed by atoms with van der Waals surface area (Å²) in [5.74, 6) is 0.683. The molecule has 1 nitrogen and oxygen atoms in total. The second-order valence-electron chi connectivity index (χ2n) is 6.08. The van der Waals surface area contributed by atoms with Crippen molar-refractivity contribution in [3.63, 3.8) is 0 Å². The monoisotopic (exact) mass is 319 g/mol. The molecule has 0 radical (unpaired) electrons. The Bertz CT molecular complexity index is 452. The summed E-state index contributed by atoms with van der Waals surface area (Å²) in [6, 6.07) is 6.74. The highest BCUT2D eigenvalue weighted by molar-refractivity contribution is 7.97. The lowest BCUT2D eigenvalue weighted by molar-refractivity contribution is 0.380. The van der Waals surface area contributed by atoms with Crippen molar-refractivity contribution in [3.8, 4) is 12.8 Å². The smallest absolute Gasteiger partial charge is 0.0414 e. The number of hydrogen-bond donors (Lipinski definition) is 1. The Labute approximate surface area is 142 Å². The summed E-state index contributed by atoms with van der Waals surface area (Å²) in [5, 5.41) is 3.81.